The van der Waals surface area contributed by atoms with Gasteiger partial charge in [-0.1, -0.05) is 19.8 Å². The van der Waals surface area contributed by atoms with Crippen molar-refractivity contribution in [3.8, 4) is 0 Å². The van der Waals surface area contributed by atoms with Crippen LogP contribution in [0.2, 0.25) is 0 Å². The number of nitrogens with zero attached hydrogens (tertiary/aromatic N) is 3. The van der Waals surface area contributed by atoms with Crippen LogP contribution in [0.3, 0.4) is 0 Å². The molecular formula is C16H26N4O. The quantitative estimate of drug-likeness (QED) is 0.832. The molecule has 1 N–H and O–H groups in total. The van der Waals surface area contributed by atoms with Crippen molar-refractivity contribution >= 4 is 5.91 Å². The zero-order chi connectivity index (χ0) is 15.1. The van der Waals surface area contributed by atoms with E-state index in [1.54, 1.807) is 18.6 Å². The molecule has 0 bridgehead atoms. The highest BCUT2D eigenvalue weighted by atomic mass is 16.1. The number of hydrogen-bond acceptors (Lipinski definition) is 4. The van der Waals surface area contributed by atoms with E-state index < -0.39 is 0 Å². The lowest BCUT2D eigenvalue weighted by Gasteiger charge is -2.38. The monoisotopic (exact) mass is 290 g/mol. The number of carbonyl (C=O) groups is 1. The first kappa shape index (κ1) is 15.9. The lowest BCUT2D eigenvalue weighted by atomic mass is 9.95. The molecule has 0 aliphatic heterocycles. The number of aromatic nitrogens is 2. The Hall–Kier alpha value is -1.49. The van der Waals surface area contributed by atoms with Crippen LogP contribution < -0.4 is 5.32 Å². The van der Waals surface area contributed by atoms with Crippen LogP contribution in [0.15, 0.2) is 18.6 Å². The molecule has 0 atom stereocenters. The number of carbonyl (C=O) groups excluding carboxylic acids is 1. The van der Waals surface area contributed by atoms with Gasteiger partial charge in [0.15, 0.2) is 0 Å². The van der Waals surface area contributed by atoms with Crippen LogP contribution in [-0.2, 0) is 11.2 Å². The van der Waals surface area contributed by atoms with Crippen LogP contribution in [-0.4, -0.2) is 46.5 Å². The van der Waals surface area contributed by atoms with Crippen LogP contribution in [0.25, 0.3) is 0 Å². The summed E-state index contributed by atoms with van der Waals surface area (Å²) in [6.07, 6.45) is 11.0. The van der Waals surface area contributed by atoms with Crippen molar-refractivity contribution in [1.29, 1.82) is 0 Å². The lowest BCUT2D eigenvalue weighted by molar-refractivity contribution is -0.121. The second-order valence-electron chi connectivity index (χ2n) is 5.92. The Labute approximate surface area is 127 Å². The maximum Gasteiger partial charge on any atom is 0.220 e. The molecule has 0 radical (unpaired) electrons. The molecule has 1 amide bonds. The van der Waals surface area contributed by atoms with Crippen molar-refractivity contribution in [2.24, 2.45) is 0 Å². The van der Waals surface area contributed by atoms with Gasteiger partial charge in [-0.15, -0.1) is 0 Å². The number of amides is 1. The van der Waals surface area contributed by atoms with Crippen LogP contribution in [0, 0.1) is 0 Å². The van der Waals surface area contributed by atoms with Gasteiger partial charge in [-0.25, -0.2) is 0 Å². The molecule has 116 valence electrons. The molecule has 5 heteroatoms. The predicted octanol–water partition coefficient (Wildman–Crippen LogP) is 1.79. The minimum absolute atomic E-state index is 0.108. The Morgan fingerprint density at radius 1 is 1.38 bits per heavy atom. The molecule has 1 fully saturated rings. The fourth-order valence-corrected chi connectivity index (χ4v) is 3.11. The van der Waals surface area contributed by atoms with Crippen molar-refractivity contribution in [2.45, 2.75) is 51.0 Å². The van der Waals surface area contributed by atoms with Crippen LogP contribution >= 0.6 is 0 Å². The van der Waals surface area contributed by atoms with E-state index in [1.807, 2.05) is 0 Å². The molecule has 2 rings (SSSR count). The number of hydrogen-bond donors (Lipinski definition) is 1. The second-order valence-corrected chi connectivity index (χ2v) is 5.92. The van der Waals surface area contributed by atoms with Crippen molar-refractivity contribution in [3.63, 3.8) is 0 Å². The first-order chi connectivity index (χ1) is 10.2. The van der Waals surface area contributed by atoms with E-state index >= 15 is 0 Å². The third kappa shape index (κ3) is 4.24. The van der Waals surface area contributed by atoms with Gasteiger partial charge >= 0.3 is 0 Å². The smallest absolute Gasteiger partial charge is 0.220 e. The van der Waals surface area contributed by atoms with Gasteiger partial charge in [0.1, 0.15) is 0 Å². The van der Waals surface area contributed by atoms with E-state index in [2.05, 4.69) is 34.2 Å². The van der Waals surface area contributed by atoms with E-state index in [0.29, 0.717) is 12.8 Å². The first-order valence-electron chi connectivity index (χ1n) is 7.89. The molecule has 1 saturated carbocycles. The molecule has 0 spiro atoms. The molecule has 1 aromatic rings. The fourth-order valence-electron chi connectivity index (χ4n) is 3.11. The summed E-state index contributed by atoms with van der Waals surface area (Å²) < 4.78 is 0. The minimum atomic E-state index is 0.108. The molecule has 0 saturated heterocycles. The molecule has 0 unspecified atom stereocenters. The van der Waals surface area contributed by atoms with Gasteiger partial charge in [0.25, 0.3) is 0 Å². The summed E-state index contributed by atoms with van der Waals surface area (Å²) in [5.41, 5.74) is 1.03. The number of aryl methyl sites for hydroxylation is 1. The topological polar surface area (TPSA) is 58.1 Å². The maximum atomic E-state index is 12.0. The molecule has 21 heavy (non-hydrogen) atoms. The molecule has 1 aromatic heterocycles. The zero-order valence-corrected chi connectivity index (χ0v) is 13.1. The molecule has 0 aromatic carbocycles. The van der Waals surface area contributed by atoms with Crippen molar-refractivity contribution in [2.75, 3.05) is 20.1 Å². The maximum absolute atomic E-state index is 12.0. The number of nitrogens with one attached hydrogen (secondary N) is 1. The van der Waals surface area contributed by atoms with Gasteiger partial charge in [-0.3, -0.25) is 19.7 Å². The third-order valence-electron chi connectivity index (χ3n) is 4.66. The van der Waals surface area contributed by atoms with Gasteiger partial charge in [-0.05, 0) is 32.9 Å². The molecule has 1 aliphatic rings. The van der Waals surface area contributed by atoms with E-state index in [0.717, 1.165) is 18.8 Å². The van der Waals surface area contributed by atoms with Gasteiger partial charge in [0.05, 0.1) is 5.69 Å². The standard InChI is InChI=1S/C16H26N4O/c1-3-20(2)16(8-4-5-9-16)13-19-15(21)7-6-14-12-17-10-11-18-14/h10-12H,3-9,13H2,1-2H3,(H,19,21). The highest BCUT2D eigenvalue weighted by molar-refractivity contribution is 5.76. The number of likely N-dealkylation sites (N-methyl/N-ethyl adjacent to an activating group) is 1. The molecule has 5 nitrogen and oxygen atoms in total. The Balaban J connectivity index is 1.79. The summed E-state index contributed by atoms with van der Waals surface area (Å²) in [5, 5.41) is 3.12. The van der Waals surface area contributed by atoms with E-state index in [-0.39, 0.29) is 11.4 Å². The molecule has 1 aliphatic carbocycles. The Kier molecular flexibility index (Phi) is 5.67. The van der Waals surface area contributed by atoms with Crippen LogP contribution in [0.5, 0.6) is 0 Å². The van der Waals surface area contributed by atoms with E-state index in [1.165, 1.54) is 25.7 Å². The fraction of sp³-hybridized carbons (Fsp3) is 0.688. The number of rotatable bonds is 7. The highest BCUT2D eigenvalue weighted by Crippen LogP contribution is 2.33. The average molecular weight is 290 g/mol. The first-order valence-corrected chi connectivity index (χ1v) is 7.89. The Morgan fingerprint density at radius 3 is 2.76 bits per heavy atom. The van der Waals surface area contributed by atoms with Gasteiger partial charge in [-0.2, -0.15) is 0 Å². The van der Waals surface area contributed by atoms with E-state index in [4.69, 9.17) is 0 Å². The summed E-state index contributed by atoms with van der Waals surface area (Å²) in [7, 11) is 2.16. The van der Waals surface area contributed by atoms with Gasteiger partial charge < -0.3 is 5.32 Å². The summed E-state index contributed by atoms with van der Waals surface area (Å²) in [4.78, 5) is 22.6. The Bertz CT molecular complexity index is 443. The normalized spacial score (nSPS) is 17.1. The summed E-state index contributed by atoms with van der Waals surface area (Å²) in [6, 6.07) is 0. The van der Waals surface area contributed by atoms with Crippen molar-refractivity contribution < 1.29 is 4.79 Å². The van der Waals surface area contributed by atoms with Crippen molar-refractivity contribution in [1.82, 2.24) is 20.2 Å². The zero-order valence-electron chi connectivity index (χ0n) is 13.1. The second kappa shape index (κ2) is 7.50. The lowest BCUT2D eigenvalue weighted by Crippen LogP contribution is -2.52. The predicted molar refractivity (Wildman–Crippen MR) is 82.9 cm³/mol. The summed E-state index contributed by atoms with van der Waals surface area (Å²) >= 11 is 0. The van der Waals surface area contributed by atoms with Crippen LogP contribution in [0.4, 0.5) is 0 Å². The largest absolute Gasteiger partial charge is 0.354 e. The SMILES string of the molecule is CCN(C)C1(CNC(=O)CCc2cnccn2)CCCC1. The van der Waals surface area contributed by atoms with E-state index in [9.17, 15) is 4.79 Å². The van der Waals surface area contributed by atoms with Gasteiger partial charge in [0.2, 0.25) is 5.91 Å². The van der Waals surface area contributed by atoms with Gasteiger partial charge in [0, 0.05) is 37.1 Å². The highest BCUT2D eigenvalue weighted by Gasteiger charge is 2.37. The average Bonchev–Trinajstić information content (AvgIpc) is 3.01. The Morgan fingerprint density at radius 2 is 2.14 bits per heavy atom. The molecule has 1 heterocycles. The van der Waals surface area contributed by atoms with Crippen molar-refractivity contribution in [3.05, 3.63) is 24.3 Å². The minimum Gasteiger partial charge on any atom is -0.354 e. The third-order valence-corrected chi connectivity index (χ3v) is 4.66. The molecular weight excluding hydrogens is 264 g/mol. The summed E-state index contributed by atoms with van der Waals surface area (Å²) in [6.45, 7) is 3.96. The summed E-state index contributed by atoms with van der Waals surface area (Å²) in [5.74, 6) is 0.108. The van der Waals surface area contributed by atoms with Crippen LogP contribution in [0.1, 0.15) is 44.7 Å².